The molecule has 2 N–H and O–H groups in total. The fourth-order valence-corrected chi connectivity index (χ4v) is 5.03. The van der Waals surface area contributed by atoms with Crippen LogP contribution in [0, 0.1) is 5.92 Å². The van der Waals surface area contributed by atoms with E-state index in [-0.39, 0.29) is 17.7 Å². The number of amides is 2. The van der Waals surface area contributed by atoms with Gasteiger partial charge in [0.15, 0.2) is 0 Å². The maximum absolute atomic E-state index is 13.3. The minimum absolute atomic E-state index is 0.0626. The van der Waals surface area contributed by atoms with Gasteiger partial charge in [0.1, 0.15) is 0 Å². The molecule has 1 unspecified atom stereocenters. The molecule has 0 aromatic heterocycles. The fourth-order valence-electron chi connectivity index (χ4n) is 5.03. The number of hydrogen-bond donors (Lipinski definition) is 2. The van der Waals surface area contributed by atoms with Crippen molar-refractivity contribution in [2.45, 2.75) is 31.6 Å². The zero-order chi connectivity index (χ0) is 28.2. The van der Waals surface area contributed by atoms with E-state index in [4.69, 9.17) is 10.2 Å². The zero-order valence-electron chi connectivity index (χ0n) is 22.3. The molecule has 0 saturated carbocycles. The first-order valence-electron chi connectivity index (χ1n) is 13.3. The van der Waals surface area contributed by atoms with Gasteiger partial charge in [0.2, 0.25) is 11.8 Å². The van der Waals surface area contributed by atoms with Crippen LogP contribution >= 0.6 is 0 Å². The highest BCUT2D eigenvalue weighted by Crippen LogP contribution is 2.28. The molecule has 2 aromatic carbocycles. The Hall–Kier alpha value is -3.98. The van der Waals surface area contributed by atoms with Crippen molar-refractivity contribution in [2.75, 3.05) is 44.7 Å². The number of para-hydroxylation sites is 1. The van der Waals surface area contributed by atoms with Gasteiger partial charge in [-0.05, 0) is 62.5 Å². The third-order valence-electron chi connectivity index (χ3n) is 7.11. The second-order valence-electron chi connectivity index (χ2n) is 9.89. The van der Waals surface area contributed by atoms with Crippen LogP contribution in [-0.4, -0.2) is 83.5 Å². The Morgan fingerprint density at radius 1 is 0.923 bits per heavy atom. The standard InChI is InChI=1S/C26H33N3O2.C4H4O4/c1-27-20-23(19-25(27)30)26(31)29(24-11-6-3-7-12-24)16-8-15-28-17-13-22(14-18-28)21-9-4-2-5-10-21;5-3(6)1-2-4(7)8/h2-7,9-12,22-23H,8,13-20H2,1H3;1-2H,(H,5,6)(H,7,8). The summed E-state index contributed by atoms with van der Waals surface area (Å²) in [5, 5.41) is 15.6. The third-order valence-corrected chi connectivity index (χ3v) is 7.11. The van der Waals surface area contributed by atoms with Crippen molar-refractivity contribution in [3.8, 4) is 0 Å². The summed E-state index contributed by atoms with van der Waals surface area (Å²) in [4.78, 5) is 50.4. The van der Waals surface area contributed by atoms with Gasteiger partial charge in [0.25, 0.3) is 0 Å². The normalized spacial score (nSPS) is 18.0. The smallest absolute Gasteiger partial charge is 0.328 e. The average Bonchev–Trinajstić information content (AvgIpc) is 3.29. The number of carboxylic acids is 2. The van der Waals surface area contributed by atoms with Gasteiger partial charge in [-0.3, -0.25) is 9.59 Å². The van der Waals surface area contributed by atoms with Crippen LogP contribution < -0.4 is 4.90 Å². The summed E-state index contributed by atoms with van der Waals surface area (Å²) in [5.41, 5.74) is 2.39. The van der Waals surface area contributed by atoms with E-state index in [2.05, 4.69) is 35.2 Å². The number of likely N-dealkylation sites (tertiary alicyclic amines) is 2. The lowest BCUT2D eigenvalue weighted by atomic mass is 9.89. The second-order valence-corrected chi connectivity index (χ2v) is 9.89. The Labute approximate surface area is 229 Å². The molecule has 1 atom stereocenters. The van der Waals surface area contributed by atoms with Gasteiger partial charge >= 0.3 is 11.9 Å². The van der Waals surface area contributed by atoms with E-state index in [1.807, 2.05) is 35.2 Å². The summed E-state index contributed by atoms with van der Waals surface area (Å²) in [7, 11) is 1.78. The quantitative estimate of drug-likeness (QED) is 0.472. The first-order chi connectivity index (χ1) is 18.7. The van der Waals surface area contributed by atoms with Crippen LogP contribution in [-0.2, 0) is 19.2 Å². The van der Waals surface area contributed by atoms with E-state index in [1.54, 1.807) is 11.9 Å². The molecule has 2 aliphatic rings. The van der Waals surface area contributed by atoms with Crippen molar-refractivity contribution in [2.24, 2.45) is 5.92 Å². The maximum Gasteiger partial charge on any atom is 0.328 e. The highest BCUT2D eigenvalue weighted by atomic mass is 16.4. The molecule has 9 heteroatoms. The van der Waals surface area contributed by atoms with Crippen LogP contribution in [0.15, 0.2) is 72.8 Å². The van der Waals surface area contributed by atoms with Crippen LogP contribution in [0.3, 0.4) is 0 Å². The average molecular weight is 536 g/mol. The lowest BCUT2D eigenvalue weighted by Crippen LogP contribution is -2.40. The number of nitrogens with zero attached hydrogens (tertiary/aromatic N) is 3. The SMILES string of the molecule is CN1CC(C(=O)N(CCCN2CCC(c3ccccc3)CC2)c2ccccc2)CC1=O.O=C(O)C=CC(=O)O. The predicted molar refractivity (Wildman–Crippen MR) is 148 cm³/mol. The van der Waals surface area contributed by atoms with Gasteiger partial charge in [-0.25, -0.2) is 9.59 Å². The van der Waals surface area contributed by atoms with Crippen LogP contribution in [0.4, 0.5) is 5.69 Å². The number of rotatable bonds is 9. The van der Waals surface area contributed by atoms with Crippen molar-refractivity contribution in [3.63, 3.8) is 0 Å². The lowest BCUT2D eigenvalue weighted by Gasteiger charge is -2.33. The van der Waals surface area contributed by atoms with E-state index in [0.29, 0.717) is 37.6 Å². The van der Waals surface area contributed by atoms with Crippen LogP contribution in [0.2, 0.25) is 0 Å². The molecule has 2 fully saturated rings. The molecule has 4 rings (SSSR count). The van der Waals surface area contributed by atoms with E-state index in [0.717, 1.165) is 31.7 Å². The number of hydrogen-bond acceptors (Lipinski definition) is 5. The number of aliphatic carboxylic acids is 2. The van der Waals surface area contributed by atoms with Gasteiger partial charge < -0.3 is 24.9 Å². The molecule has 208 valence electrons. The van der Waals surface area contributed by atoms with Gasteiger partial charge in [0, 0.05) is 44.4 Å². The van der Waals surface area contributed by atoms with Gasteiger partial charge in [0.05, 0.1) is 5.92 Å². The molecule has 0 aliphatic carbocycles. The Balaban J connectivity index is 0.000000459. The molecular formula is C30H37N3O6. The van der Waals surface area contributed by atoms with Gasteiger partial charge in [-0.15, -0.1) is 0 Å². The second kappa shape index (κ2) is 14.8. The molecule has 2 saturated heterocycles. The van der Waals surface area contributed by atoms with Crippen molar-refractivity contribution in [1.82, 2.24) is 9.80 Å². The first kappa shape index (κ1) is 29.6. The molecule has 0 bridgehead atoms. The maximum atomic E-state index is 13.3. The van der Waals surface area contributed by atoms with Crippen molar-refractivity contribution < 1.29 is 29.4 Å². The highest BCUT2D eigenvalue weighted by Gasteiger charge is 2.35. The molecular weight excluding hydrogens is 498 g/mol. The van der Waals surface area contributed by atoms with Gasteiger partial charge in [-0.2, -0.15) is 0 Å². The summed E-state index contributed by atoms with van der Waals surface area (Å²) in [6, 6.07) is 20.7. The Morgan fingerprint density at radius 2 is 1.49 bits per heavy atom. The number of carbonyl (C=O) groups excluding carboxylic acids is 2. The number of carbonyl (C=O) groups is 4. The number of benzene rings is 2. The largest absolute Gasteiger partial charge is 0.478 e. The fraction of sp³-hybridized carbons (Fsp3) is 0.400. The number of carboxylic acid groups (broad SMARTS) is 2. The monoisotopic (exact) mass is 535 g/mol. The molecule has 2 aromatic rings. The molecule has 39 heavy (non-hydrogen) atoms. The van der Waals surface area contributed by atoms with E-state index in [9.17, 15) is 19.2 Å². The molecule has 2 aliphatic heterocycles. The minimum atomic E-state index is -1.26. The highest BCUT2D eigenvalue weighted by molar-refractivity contribution is 5.99. The molecule has 0 radical (unpaired) electrons. The molecule has 0 spiro atoms. The molecule has 2 heterocycles. The number of anilines is 1. The van der Waals surface area contributed by atoms with Crippen molar-refractivity contribution in [3.05, 3.63) is 78.4 Å². The summed E-state index contributed by atoms with van der Waals surface area (Å²) >= 11 is 0. The van der Waals surface area contributed by atoms with E-state index >= 15 is 0 Å². The Kier molecular flexibility index (Phi) is 11.2. The number of piperidine rings is 1. The third kappa shape index (κ3) is 9.37. The molecule has 9 nitrogen and oxygen atoms in total. The summed E-state index contributed by atoms with van der Waals surface area (Å²) < 4.78 is 0. The van der Waals surface area contributed by atoms with Crippen LogP contribution in [0.1, 0.15) is 37.2 Å². The topological polar surface area (TPSA) is 118 Å². The van der Waals surface area contributed by atoms with Crippen molar-refractivity contribution >= 4 is 29.4 Å². The van der Waals surface area contributed by atoms with E-state index < -0.39 is 11.9 Å². The zero-order valence-corrected chi connectivity index (χ0v) is 22.3. The molecule has 2 amide bonds. The Bertz CT molecular complexity index is 1110. The van der Waals surface area contributed by atoms with Crippen LogP contribution in [0.25, 0.3) is 0 Å². The minimum Gasteiger partial charge on any atom is -0.478 e. The first-order valence-corrected chi connectivity index (χ1v) is 13.3. The summed E-state index contributed by atoms with van der Waals surface area (Å²) in [5.74, 6) is -1.95. The van der Waals surface area contributed by atoms with Crippen LogP contribution in [0.5, 0.6) is 0 Å². The van der Waals surface area contributed by atoms with Gasteiger partial charge in [-0.1, -0.05) is 48.5 Å². The van der Waals surface area contributed by atoms with Crippen molar-refractivity contribution in [1.29, 1.82) is 0 Å². The van der Waals surface area contributed by atoms with E-state index in [1.165, 1.54) is 18.4 Å². The lowest BCUT2D eigenvalue weighted by molar-refractivity contribution is -0.134. The Morgan fingerprint density at radius 3 is 2.00 bits per heavy atom. The summed E-state index contributed by atoms with van der Waals surface area (Å²) in [6.07, 6.45) is 4.77. The predicted octanol–water partition coefficient (Wildman–Crippen LogP) is 3.48. The summed E-state index contributed by atoms with van der Waals surface area (Å²) in [6.45, 7) is 4.44.